The summed E-state index contributed by atoms with van der Waals surface area (Å²) in [5.41, 5.74) is -0.947. The number of aryl methyl sites for hydroxylation is 1. The number of fused-ring (bicyclic) bond motifs is 1. The smallest absolute Gasteiger partial charge is 0.268 e. The zero-order valence-electron chi connectivity index (χ0n) is 20.2. The summed E-state index contributed by atoms with van der Waals surface area (Å²) in [6.45, 7) is 2.08. The number of aliphatic hydroxyl groups is 1. The van der Waals surface area contributed by atoms with E-state index in [0.29, 0.717) is 28.5 Å². The number of benzene rings is 2. The van der Waals surface area contributed by atoms with Gasteiger partial charge in [0.2, 0.25) is 0 Å². The van der Waals surface area contributed by atoms with Gasteiger partial charge in [-0.15, -0.1) is 0 Å². The predicted octanol–water partition coefficient (Wildman–Crippen LogP) is 4.89. The fourth-order valence-electron chi connectivity index (χ4n) is 5.40. The first-order chi connectivity index (χ1) is 17.7. The molecule has 2 N–H and O–H groups in total. The summed E-state index contributed by atoms with van der Waals surface area (Å²) in [6.07, 6.45) is 4.43. The Bertz CT molecular complexity index is 1380. The van der Waals surface area contributed by atoms with Gasteiger partial charge in [-0.3, -0.25) is 14.6 Å². The highest BCUT2D eigenvalue weighted by Crippen LogP contribution is 2.46. The number of hydrogen-bond acceptors (Lipinski definition) is 4. The third-order valence-corrected chi connectivity index (χ3v) is 7.59. The number of carbonyl (C=O) groups is 2. The minimum atomic E-state index is -2.31. The Kier molecular flexibility index (Phi) is 6.72. The van der Waals surface area contributed by atoms with Crippen LogP contribution in [0.1, 0.15) is 52.9 Å². The highest BCUT2D eigenvalue weighted by atomic mass is 35.5. The molecule has 5 rings (SSSR count). The second-order valence-electron chi connectivity index (χ2n) is 9.75. The van der Waals surface area contributed by atoms with Gasteiger partial charge in [0.25, 0.3) is 11.8 Å². The molecule has 0 bridgehead atoms. The second kappa shape index (κ2) is 9.84. The first-order valence-corrected chi connectivity index (χ1v) is 12.6. The van der Waals surface area contributed by atoms with Crippen molar-refractivity contribution < 1.29 is 23.5 Å². The molecule has 6 nitrogen and oxygen atoms in total. The van der Waals surface area contributed by atoms with Crippen LogP contribution in [0.3, 0.4) is 0 Å². The standard InChI is InChI=1S/C28H26ClF2N3O3/c1-16-21(12-18(29)14-32-16)26(35)33-20-9-6-17(7-10-20)15-34-25-5-3-2-4-22(25)28(37,27(34)36)23-13-19(30)8-11-24(23)31/h2-5,8,11-14,17,20,37H,6-7,9-10,15H2,1H3,(H,33,35). The topological polar surface area (TPSA) is 82.5 Å². The molecule has 2 aliphatic rings. The minimum absolute atomic E-state index is 0.0259. The normalized spacial score (nSPS) is 23.2. The molecule has 2 aromatic carbocycles. The van der Waals surface area contributed by atoms with E-state index in [4.69, 9.17) is 11.6 Å². The lowest BCUT2D eigenvalue weighted by molar-refractivity contribution is -0.132. The van der Waals surface area contributed by atoms with Gasteiger partial charge in [-0.05, 0) is 68.9 Å². The van der Waals surface area contributed by atoms with Gasteiger partial charge >= 0.3 is 0 Å². The van der Waals surface area contributed by atoms with Crippen molar-refractivity contribution in [2.24, 2.45) is 5.92 Å². The molecule has 1 unspecified atom stereocenters. The quantitative estimate of drug-likeness (QED) is 0.497. The van der Waals surface area contributed by atoms with E-state index in [1.54, 1.807) is 37.3 Å². The van der Waals surface area contributed by atoms with Crippen molar-refractivity contribution in [2.45, 2.75) is 44.2 Å². The number of amides is 2. The van der Waals surface area contributed by atoms with Gasteiger partial charge in [0.1, 0.15) is 11.6 Å². The van der Waals surface area contributed by atoms with E-state index in [1.165, 1.54) is 11.1 Å². The molecule has 1 aliphatic carbocycles. The van der Waals surface area contributed by atoms with Crippen molar-refractivity contribution in [3.63, 3.8) is 0 Å². The number of anilines is 1. The van der Waals surface area contributed by atoms with E-state index in [0.717, 1.165) is 43.9 Å². The number of carbonyl (C=O) groups excluding carboxylic acids is 2. The number of para-hydroxylation sites is 1. The zero-order chi connectivity index (χ0) is 26.3. The van der Waals surface area contributed by atoms with Crippen molar-refractivity contribution in [1.82, 2.24) is 10.3 Å². The molecule has 0 saturated heterocycles. The Morgan fingerprint density at radius 1 is 1.14 bits per heavy atom. The average molecular weight is 526 g/mol. The van der Waals surface area contributed by atoms with Crippen LogP contribution < -0.4 is 10.2 Å². The molecule has 1 aliphatic heterocycles. The molecule has 2 heterocycles. The predicted molar refractivity (Wildman–Crippen MR) is 135 cm³/mol. The van der Waals surface area contributed by atoms with E-state index in [9.17, 15) is 23.5 Å². The Hall–Kier alpha value is -3.36. The Labute approximate surface area is 218 Å². The monoisotopic (exact) mass is 525 g/mol. The number of halogens is 3. The molecule has 0 spiro atoms. The summed E-state index contributed by atoms with van der Waals surface area (Å²) in [6, 6.07) is 11.0. The molecular formula is C28H26ClF2N3O3. The third-order valence-electron chi connectivity index (χ3n) is 7.38. The highest BCUT2D eigenvalue weighted by molar-refractivity contribution is 6.30. The number of aromatic nitrogens is 1. The van der Waals surface area contributed by atoms with Gasteiger partial charge in [-0.1, -0.05) is 29.8 Å². The Morgan fingerprint density at radius 2 is 1.86 bits per heavy atom. The van der Waals surface area contributed by atoms with Gasteiger partial charge in [0.15, 0.2) is 5.60 Å². The lowest BCUT2D eigenvalue weighted by Crippen LogP contribution is -2.45. The summed E-state index contributed by atoms with van der Waals surface area (Å²) in [5.74, 6) is -2.40. The molecule has 0 radical (unpaired) electrons. The fourth-order valence-corrected chi connectivity index (χ4v) is 5.56. The van der Waals surface area contributed by atoms with Crippen LogP contribution in [0.15, 0.2) is 54.7 Å². The Balaban J connectivity index is 1.29. The van der Waals surface area contributed by atoms with E-state index in [1.807, 2.05) is 0 Å². The van der Waals surface area contributed by atoms with E-state index >= 15 is 0 Å². The molecule has 2 amide bonds. The molecule has 37 heavy (non-hydrogen) atoms. The van der Waals surface area contributed by atoms with Crippen molar-refractivity contribution in [3.05, 3.63) is 93.8 Å². The van der Waals surface area contributed by atoms with E-state index < -0.39 is 28.7 Å². The fraction of sp³-hybridized carbons (Fsp3) is 0.321. The maximum absolute atomic E-state index is 14.7. The summed E-state index contributed by atoms with van der Waals surface area (Å²) in [5, 5.41) is 15.0. The zero-order valence-corrected chi connectivity index (χ0v) is 20.9. The van der Waals surface area contributed by atoms with Crippen LogP contribution in [-0.4, -0.2) is 34.5 Å². The molecule has 192 valence electrons. The summed E-state index contributed by atoms with van der Waals surface area (Å²) in [7, 11) is 0. The highest BCUT2D eigenvalue weighted by Gasteiger charge is 2.52. The number of pyridine rings is 1. The van der Waals surface area contributed by atoms with Gasteiger partial charge in [0, 0.05) is 29.9 Å². The molecule has 1 fully saturated rings. The first kappa shape index (κ1) is 25.3. The minimum Gasteiger partial charge on any atom is -0.372 e. The number of rotatable bonds is 5. The van der Waals surface area contributed by atoms with Crippen LogP contribution in [0.5, 0.6) is 0 Å². The number of hydrogen-bond donors (Lipinski definition) is 2. The molecule has 9 heteroatoms. The van der Waals surface area contributed by atoms with Gasteiger partial charge in [-0.25, -0.2) is 8.78 Å². The van der Waals surface area contributed by atoms with E-state index in [-0.39, 0.29) is 23.4 Å². The van der Waals surface area contributed by atoms with Crippen LogP contribution in [0.4, 0.5) is 14.5 Å². The van der Waals surface area contributed by atoms with Crippen molar-refractivity contribution in [1.29, 1.82) is 0 Å². The van der Waals surface area contributed by atoms with Crippen LogP contribution in [0.2, 0.25) is 5.02 Å². The lowest BCUT2D eigenvalue weighted by Gasteiger charge is -2.32. The van der Waals surface area contributed by atoms with Gasteiger partial charge in [0.05, 0.1) is 22.0 Å². The number of nitrogens with zero attached hydrogens (tertiary/aromatic N) is 2. The summed E-state index contributed by atoms with van der Waals surface area (Å²) in [4.78, 5) is 31.9. The molecule has 1 aromatic heterocycles. The van der Waals surface area contributed by atoms with Crippen LogP contribution in [0, 0.1) is 24.5 Å². The van der Waals surface area contributed by atoms with Crippen molar-refractivity contribution in [3.8, 4) is 0 Å². The van der Waals surface area contributed by atoms with Crippen LogP contribution in [0.25, 0.3) is 0 Å². The maximum Gasteiger partial charge on any atom is 0.268 e. The molecule has 1 saturated carbocycles. The lowest BCUT2D eigenvalue weighted by atomic mass is 9.85. The second-order valence-corrected chi connectivity index (χ2v) is 10.2. The maximum atomic E-state index is 14.7. The first-order valence-electron chi connectivity index (χ1n) is 12.2. The van der Waals surface area contributed by atoms with Crippen LogP contribution >= 0.6 is 11.6 Å². The molecule has 1 atom stereocenters. The van der Waals surface area contributed by atoms with Gasteiger partial charge in [-0.2, -0.15) is 0 Å². The van der Waals surface area contributed by atoms with Crippen molar-refractivity contribution in [2.75, 3.05) is 11.4 Å². The van der Waals surface area contributed by atoms with Gasteiger partial charge < -0.3 is 15.3 Å². The summed E-state index contributed by atoms with van der Waals surface area (Å²) >= 11 is 6.00. The van der Waals surface area contributed by atoms with E-state index in [2.05, 4.69) is 10.3 Å². The molecule has 3 aromatic rings. The third kappa shape index (κ3) is 4.60. The largest absolute Gasteiger partial charge is 0.372 e. The van der Waals surface area contributed by atoms with Crippen LogP contribution in [-0.2, 0) is 10.4 Å². The SMILES string of the molecule is Cc1ncc(Cl)cc1C(=O)NC1CCC(CN2C(=O)C(O)(c3cc(F)ccc3F)c3ccccc32)CC1. The molecular weight excluding hydrogens is 500 g/mol. The Morgan fingerprint density at radius 3 is 2.62 bits per heavy atom. The average Bonchev–Trinajstić information content (AvgIpc) is 3.10. The van der Waals surface area contributed by atoms with Crippen molar-refractivity contribution >= 4 is 29.1 Å². The number of nitrogens with one attached hydrogen (secondary N) is 1. The summed E-state index contributed by atoms with van der Waals surface area (Å²) < 4.78 is 28.7.